The van der Waals surface area contributed by atoms with Crippen molar-refractivity contribution in [3.8, 4) is 17.2 Å². The first kappa shape index (κ1) is 19.7. The van der Waals surface area contributed by atoms with Gasteiger partial charge >= 0.3 is 0 Å². The summed E-state index contributed by atoms with van der Waals surface area (Å²) in [5, 5.41) is 6.63. The van der Waals surface area contributed by atoms with Crippen molar-refractivity contribution in [2.75, 3.05) is 38.5 Å². The molecule has 2 N–H and O–H groups in total. The number of hydrogen-bond acceptors (Lipinski definition) is 5. The van der Waals surface area contributed by atoms with Crippen LogP contribution in [0.2, 0.25) is 5.02 Å². The highest BCUT2D eigenvalue weighted by atomic mass is 35.5. The minimum atomic E-state index is -0.134. The molecule has 140 valence electrons. The molecule has 0 aliphatic carbocycles. The van der Waals surface area contributed by atoms with Crippen LogP contribution in [0.15, 0.2) is 30.3 Å². The number of nitrogens with one attached hydrogen (secondary N) is 2. The Morgan fingerprint density at radius 3 is 2.35 bits per heavy atom. The molecule has 0 aromatic heterocycles. The number of amides is 1. The van der Waals surface area contributed by atoms with Crippen LogP contribution < -0.4 is 24.8 Å². The molecule has 26 heavy (non-hydrogen) atoms. The summed E-state index contributed by atoms with van der Waals surface area (Å²) in [5.74, 6) is 1.75. The maximum atomic E-state index is 12.2. The molecule has 0 saturated heterocycles. The van der Waals surface area contributed by atoms with Gasteiger partial charge in [0.15, 0.2) is 0 Å². The lowest BCUT2D eigenvalue weighted by Crippen LogP contribution is -2.17. The molecule has 0 aliphatic rings. The third-order valence-electron chi connectivity index (χ3n) is 3.83. The van der Waals surface area contributed by atoms with E-state index >= 15 is 0 Å². The molecule has 0 bridgehead atoms. The van der Waals surface area contributed by atoms with Crippen molar-refractivity contribution in [1.29, 1.82) is 0 Å². The summed E-state index contributed by atoms with van der Waals surface area (Å²) < 4.78 is 15.8. The second kappa shape index (κ2) is 9.20. The number of methoxy groups -OCH3 is 3. The Kier molecular flexibility index (Phi) is 6.97. The number of hydrogen-bond donors (Lipinski definition) is 2. The Hall–Kier alpha value is -2.60. The molecule has 2 rings (SSSR count). The number of benzene rings is 2. The van der Waals surface area contributed by atoms with Gasteiger partial charge in [-0.1, -0.05) is 11.6 Å². The van der Waals surface area contributed by atoms with E-state index in [4.69, 9.17) is 25.8 Å². The number of carbonyl (C=O) groups excluding carboxylic acids is 1. The average Bonchev–Trinajstić information content (AvgIpc) is 2.64. The monoisotopic (exact) mass is 378 g/mol. The summed E-state index contributed by atoms with van der Waals surface area (Å²) in [6.07, 6.45) is 0.278. The highest BCUT2D eigenvalue weighted by Crippen LogP contribution is 2.31. The topological polar surface area (TPSA) is 68.8 Å². The Labute approximate surface area is 158 Å². The number of anilines is 2. The number of aryl methyl sites for hydroxylation is 1. The van der Waals surface area contributed by atoms with Crippen molar-refractivity contribution in [2.45, 2.75) is 13.3 Å². The fourth-order valence-electron chi connectivity index (χ4n) is 2.40. The fourth-order valence-corrected chi connectivity index (χ4v) is 2.55. The average molecular weight is 379 g/mol. The second-order valence-electron chi connectivity index (χ2n) is 5.59. The minimum Gasteiger partial charge on any atom is -0.497 e. The van der Waals surface area contributed by atoms with Gasteiger partial charge in [-0.3, -0.25) is 4.79 Å². The van der Waals surface area contributed by atoms with Crippen molar-refractivity contribution in [2.24, 2.45) is 0 Å². The smallest absolute Gasteiger partial charge is 0.226 e. The van der Waals surface area contributed by atoms with E-state index in [1.807, 2.05) is 19.1 Å². The quantitative estimate of drug-likeness (QED) is 0.723. The SMILES string of the molecule is COc1ccc(NCCC(=O)Nc2cc(C)c(Cl)cc2OC)c(OC)c1. The van der Waals surface area contributed by atoms with Gasteiger partial charge in [-0.15, -0.1) is 0 Å². The largest absolute Gasteiger partial charge is 0.497 e. The maximum absolute atomic E-state index is 12.2. The molecule has 0 heterocycles. The molecule has 0 aliphatic heterocycles. The van der Waals surface area contributed by atoms with Crippen LogP contribution in [0.1, 0.15) is 12.0 Å². The van der Waals surface area contributed by atoms with E-state index in [-0.39, 0.29) is 12.3 Å². The Morgan fingerprint density at radius 2 is 1.69 bits per heavy atom. The normalized spacial score (nSPS) is 10.2. The lowest BCUT2D eigenvalue weighted by atomic mass is 10.2. The summed E-state index contributed by atoms with van der Waals surface area (Å²) in [6.45, 7) is 2.32. The van der Waals surface area contributed by atoms with E-state index < -0.39 is 0 Å². The molecule has 7 heteroatoms. The minimum absolute atomic E-state index is 0.134. The van der Waals surface area contributed by atoms with Crippen molar-refractivity contribution < 1.29 is 19.0 Å². The molecule has 2 aromatic carbocycles. The number of rotatable bonds is 8. The molecule has 0 saturated carbocycles. The molecule has 0 spiro atoms. The van der Waals surface area contributed by atoms with Gasteiger partial charge < -0.3 is 24.8 Å². The summed E-state index contributed by atoms with van der Waals surface area (Å²) >= 11 is 6.08. The van der Waals surface area contributed by atoms with Crippen LogP contribution in [0, 0.1) is 6.92 Å². The molecule has 0 atom stereocenters. The van der Waals surface area contributed by atoms with E-state index in [9.17, 15) is 4.79 Å². The molecule has 0 fully saturated rings. The van der Waals surface area contributed by atoms with Gasteiger partial charge in [0.2, 0.25) is 5.91 Å². The molecule has 0 unspecified atom stereocenters. The number of halogens is 1. The highest BCUT2D eigenvalue weighted by molar-refractivity contribution is 6.31. The molecule has 1 amide bonds. The fraction of sp³-hybridized carbons (Fsp3) is 0.316. The van der Waals surface area contributed by atoms with E-state index in [2.05, 4.69) is 10.6 Å². The van der Waals surface area contributed by atoms with Crippen LogP contribution in [0.25, 0.3) is 0 Å². The first-order chi connectivity index (χ1) is 12.5. The Morgan fingerprint density at radius 1 is 1.00 bits per heavy atom. The molecular formula is C19H23ClN2O4. The third kappa shape index (κ3) is 4.95. The highest BCUT2D eigenvalue weighted by Gasteiger charge is 2.11. The molecular weight excluding hydrogens is 356 g/mol. The summed E-state index contributed by atoms with van der Waals surface area (Å²) in [6, 6.07) is 8.93. The first-order valence-electron chi connectivity index (χ1n) is 8.08. The molecule has 0 radical (unpaired) electrons. The summed E-state index contributed by atoms with van der Waals surface area (Å²) in [4.78, 5) is 12.2. The third-order valence-corrected chi connectivity index (χ3v) is 4.24. The zero-order valence-corrected chi connectivity index (χ0v) is 16.1. The van der Waals surface area contributed by atoms with Crippen LogP contribution in [0.3, 0.4) is 0 Å². The van der Waals surface area contributed by atoms with Crippen molar-refractivity contribution >= 4 is 28.9 Å². The predicted molar refractivity (Wildman–Crippen MR) is 104 cm³/mol. The number of carbonyl (C=O) groups is 1. The Bertz CT molecular complexity index is 780. The van der Waals surface area contributed by atoms with Gasteiger partial charge in [0, 0.05) is 30.1 Å². The van der Waals surface area contributed by atoms with Crippen molar-refractivity contribution in [3.63, 3.8) is 0 Å². The number of ether oxygens (including phenoxy) is 3. The predicted octanol–water partition coefficient (Wildman–Crippen LogP) is 4.11. The van der Waals surface area contributed by atoms with Crippen LogP contribution in [0.5, 0.6) is 17.2 Å². The molecule has 6 nitrogen and oxygen atoms in total. The van der Waals surface area contributed by atoms with Crippen molar-refractivity contribution in [3.05, 3.63) is 40.9 Å². The summed E-state index contributed by atoms with van der Waals surface area (Å²) in [5.41, 5.74) is 2.26. The van der Waals surface area contributed by atoms with Crippen LogP contribution in [-0.2, 0) is 4.79 Å². The van der Waals surface area contributed by atoms with Gasteiger partial charge in [0.05, 0.1) is 32.7 Å². The second-order valence-corrected chi connectivity index (χ2v) is 6.00. The zero-order valence-electron chi connectivity index (χ0n) is 15.3. The zero-order chi connectivity index (χ0) is 19.1. The maximum Gasteiger partial charge on any atom is 0.226 e. The van der Waals surface area contributed by atoms with Gasteiger partial charge in [-0.2, -0.15) is 0 Å². The van der Waals surface area contributed by atoms with E-state index in [0.29, 0.717) is 34.5 Å². The Balaban J connectivity index is 1.95. The lowest BCUT2D eigenvalue weighted by Gasteiger charge is -2.14. The van der Waals surface area contributed by atoms with E-state index in [1.54, 1.807) is 32.4 Å². The van der Waals surface area contributed by atoms with E-state index in [0.717, 1.165) is 11.3 Å². The summed E-state index contributed by atoms with van der Waals surface area (Å²) in [7, 11) is 4.72. The van der Waals surface area contributed by atoms with Crippen LogP contribution in [-0.4, -0.2) is 33.8 Å². The first-order valence-corrected chi connectivity index (χ1v) is 8.46. The van der Waals surface area contributed by atoms with Crippen LogP contribution in [0.4, 0.5) is 11.4 Å². The van der Waals surface area contributed by atoms with Gasteiger partial charge in [0.25, 0.3) is 0 Å². The van der Waals surface area contributed by atoms with Crippen LogP contribution >= 0.6 is 11.6 Å². The standard InChI is InChI=1S/C19H23ClN2O4/c1-12-9-16(18(26-4)11-14(12)20)22-19(23)7-8-21-15-6-5-13(24-2)10-17(15)25-3/h5-6,9-11,21H,7-8H2,1-4H3,(H,22,23). The van der Waals surface area contributed by atoms with Gasteiger partial charge in [-0.05, 0) is 30.7 Å². The van der Waals surface area contributed by atoms with Gasteiger partial charge in [0.1, 0.15) is 17.2 Å². The van der Waals surface area contributed by atoms with Gasteiger partial charge in [-0.25, -0.2) is 0 Å². The van der Waals surface area contributed by atoms with E-state index in [1.165, 1.54) is 7.11 Å². The molecule has 2 aromatic rings. The van der Waals surface area contributed by atoms with Crippen molar-refractivity contribution in [1.82, 2.24) is 0 Å². The lowest BCUT2D eigenvalue weighted by molar-refractivity contribution is -0.116.